The van der Waals surface area contributed by atoms with Gasteiger partial charge in [-0.05, 0) is 24.7 Å². The van der Waals surface area contributed by atoms with E-state index in [0.29, 0.717) is 24.8 Å². The molecule has 0 amide bonds. The van der Waals surface area contributed by atoms with Gasteiger partial charge in [0.1, 0.15) is 11.4 Å². The number of carbonyl (C=O) groups excluding carboxylic acids is 1. The Hall–Kier alpha value is -1.89. The molecule has 0 aromatic carbocycles. The van der Waals surface area contributed by atoms with Crippen molar-refractivity contribution >= 4 is 11.6 Å². The molecule has 1 fully saturated rings. The van der Waals surface area contributed by atoms with Crippen LogP contribution in [0.2, 0.25) is 0 Å². The second kappa shape index (κ2) is 7.12. The summed E-state index contributed by atoms with van der Waals surface area (Å²) in [7, 11) is 0. The van der Waals surface area contributed by atoms with E-state index in [2.05, 4.69) is 23.7 Å². The molecular formula is C16H26N4O3. The highest BCUT2D eigenvalue weighted by atomic mass is 16.2. The number of ketones is 1. The number of piperidine rings is 1. The SMILES string of the molecule is CCCn1c(N)c(C(=O)CN2CC(C)CC(C)C2)c(=O)[nH]c1=O. The van der Waals surface area contributed by atoms with Crippen LogP contribution in [0.15, 0.2) is 9.59 Å². The van der Waals surface area contributed by atoms with Crippen molar-refractivity contribution in [3.8, 4) is 0 Å². The van der Waals surface area contributed by atoms with E-state index in [1.54, 1.807) is 0 Å². The maximum absolute atomic E-state index is 12.6. The molecule has 0 saturated carbocycles. The molecule has 0 aliphatic carbocycles. The molecule has 3 N–H and O–H groups in total. The predicted octanol–water partition coefficient (Wildman–Crippen LogP) is 0.689. The number of nitrogens with zero attached hydrogens (tertiary/aromatic N) is 2. The van der Waals surface area contributed by atoms with Gasteiger partial charge < -0.3 is 5.73 Å². The number of likely N-dealkylation sites (tertiary alicyclic amines) is 1. The van der Waals surface area contributed by atoms with E-state index in [4.69, 9.17) is 5.73 Å². The highest BCUT2D eigenvalue weighted by molar-refractivity contribution is 6.01. The molecule has 2 atom stereocenters. The molecule has 1 saturated heterocycles. The van der Waals surface area contributed by atoms with E-state index in [9.17, 15) is 14.4 Å². The largest absolute Gasteiger partial charge is 0.384 e. The molecule has 0 radical (unpaired) electrons. The molecular weight excluding hydrogens is 296 g/mol. The number of H-pyrrole nitrogens is 1. The van der Waals surface area contributed by atoms with Crippen molar-refractivity contribution in [1.82, 2.24) is 14.5 Å². The van der Waals surface area contributed by atoms with Crippen molar-refractivity contribution in [1.29, 1.82) is 0 Å². The lowest BCUT2D eigenvalue weighted by molar-refractivity contribution is 0.0848. The van der Waals surface area contributed by atoms with Crippen molar-refractivity contribution in [3.63, 3.8) is 0 Å². The van der Waals surface area contributed by atoms with Crippen LogP contribution < -0.4 is 17.0 Å². The quantitative estimate of drug-likeness (QED) is 0.777. The normalized spacial score (nSPS) is 22.2. The lowest BCUT2D eigenvalue weighted by Crippen LogP contribution is -2.43. The zero-order valence-corrected chi connectivity index (χ0v) is 14.1. The summed E-state index contributed by atoms with van der Waals surface area (Å²) in [6.45, 7) is 8.43. The number of aromatic amines is 1. The lowest BCUT2D eigenvalue weighted by atomic mass is 9.91. The molecule has 1 aliphatic rings. The van der Waals surface area contributed by atoms with Gasteiger partial charge in [0.15, 0.2) is 5.78 Å². The third-order valence-electron chi connectivity index (χ3n) is 4.28. The summed E-state index contributed by atoms with van der Waals surface area (Å²) in [5.74, 6) is 0.700. The zero-order valence-electron chi connectivity index (χ0n) is 14.1. The van der Waals surface area contributed by atoms with E-state index >= 15 is 0 Å². The van der Waals surface area contributed by atoms with Crippen LogP contribution in [0.25, 0.3) is 0 Å². The number of aromatic nitrogens is 2. The molecule has 128 valence electrons. The minimum atomic E-state index is -0.692. The molecule has 1 aliphatic heterocycles. The predicted molar refractivity (Wildman–Crippen MR) is 89.7 cm³/mol. The summed E-state index contributed by atoms with van der Waals surface area (Å²) >= 11 is 0. The van der Waals surface area contributed by atoms with Gasteiger partial charge in [-0.3, -0.25) is 24.0 Å². The molecule has 1 aromatic heterocycles. The minimum Gasteiger partial charge on any atom is -0.384 e. The van der Waals surface area contributed by atoms with Crippen molar-refractivity contribution < 1.29 is 4.79 Å². The minimum absolute atomic E-state index is 0.0243. The first-order valence-corrected chi connectivity index (χ1v) is 8.21. The Bertz CT molecular complexity index is 682. The maximum atomic E-state index is 12.6. The molecule has 2 unspecified atom stereocenters. The second-order valence-electron chi connectivity index (χ2n) is 6.73. The first kappa shape index (κ1) is 17.5. The number of nitrogens with two attached hydrogens (primary N) is 1. The Morgan fingerprint density at radius 2 is 1.87 bits per heavy atom. The van der Waals surface area contributed by atoms with Crippen molar-refractivity contribution in [2.24, 2.45) is 11.8 Å². The number of rotatable bonds is 5. The molecule has 7 nitrogen and oxygen atoms in total. The summed E-state index contributed by atoms with van der Waals surface area (Å²) in [6, 6.07) is 0. The van der Waals surface area contributed by atoms with E-state index in [1.165, 1.54) is 4.57 Å². The Balaban J connectivity index is 2.27. The molecule has 2 heterocycles. The monoisotopic (exact) mass is 322 g/mol. The summed E-state index contributed by atoms with van der Waals surface area (Å²) in [5, 5.41) is 0. The molecule has 1 aromatic rings. The van der Waals surface area contributed by atoms with Gasteiger partial charge in [-0.15, -0.1) is 0 Å². The third kappa shape index (κ3) is 3.90. The van der Waals surface area contributed by atoms with Crippen LogP contribution >= 0.6 is 0 Å². The third-order valence-corrected chi connectivity index (χ3v) is 4.28. The first-order chi connectivity index (χ1) is 10.8. The van der Waals surface area contributed by atoms with Crippen molar-refractivity contribution in [2.45, 2.75) is 40.2 Å². The summed E-state index contributed by atoms with van der Waals surface area (Å²) in [6.07, 6.45) is 1.83. The summed E-state index contributed by atoms with van der Waals surface area (Å²) < 4.78 is 1.26. The summed E-state index contributed by atoms with van der Waals surface area (Å²) in [5.41, 5.74) is 4.59. The number of anilines is 1. The van der Waals surface area contributed by atoms with E-state index in [-0.39, 0.29) is 23.7 Å². The van der Waals surface area contributed by atoms with Crippen molar-refractivity contribution in [2.75, 3.05) is 25.4 Å². The standard InChI is InChI=1S/C16H26N4O3/c1-4-5-20-14(17)13(15(22)18-16(20)23)12(21)9-19-7-10(2)6-11(3)8-19/h10-11H,4-9,17H2,1-3H3,(H,18,22,23). The van der Waals surface area contributed by atoms with Crippen LogP contribution in [0, 0.1) is 11.8 Å². The number of nitrogen functional groups attached to an aromatic ring is 1. The van der Waals surface area contributed by atoms with E-state index < -0.39 is 11.2 Å². The lowest BCUT2D eigenvalue weighted by Gasteiger charge is -2.34. The fraction of sp³-hybridized carbons (Fsp3) is 0.688. The Morgan fingerprint density at radius 1 is 1.26 bits per heavy atom. The zero-order chi connectivity index (χ0) is 17.1. The van der Waals surface area contributed by atoms with Crippen LogP contribution in [0.1, 0.15) is 44.0 Å². The molecule has 2 rings (SSSR count). The number of hydrogen-bond acceptors (Lipinski definition) is 5. The fourth-order valence-corrected chi connectivity index (χ4v) is 3.51. The topological polar surface area (TPSA) is 101 Å². The molecule has 0 spiro atoms. The van der Waals surface area contributed by atoms with Gasteiger partial charge in [0.25, 0.3) is 5.56 Å². The fourth-order valence-electron chi connectivity index (χ4n) is 3.51. The van der Waals surface area contributed by atoms with Gasteiger partial charge in [-0.2, -0.15) is 0 Å². The Kier molecular flexibility index (Phi) is 5.41. The van der Waals surface area contributed by atoms with Crippen LogP contribution in [0.3, 0.4) is 0 Å². The summed E-state index contributed by atoms with van der Waals surface area (Å²) in [4.78, 5) is 40.7. The smallest absolute Gasteiger partial charge is 0.329 e. The number of hydrogen-bond donors (Lipinski definition) is 2. The van der Waals surface area contributed by atoms with Crippen LogP contribution in [-0.4, -0.2) is 39.9 Å². The first-order valence-electron chi connectivity index (χ1n) is 8.21. The van der Waals surface area contributed by atoms with Gasteiger partial charge in [0, 0.05) is 19.6 Å². The highest BCUT2D eigenvalue weighted by Gasteiger charge is 2.26. The van der Waals surface area contributed by atoms with E-state index in [0.717, 1.165) is 19.5 Å². The van der Waals surface area contributed by atoms with Crippen LogP contribution in [0.5, 0.6) is 0 Å². The van der Waals surface area contributed by atoms with Gasteiger partial charge in [0.05, 0.1) is 6.54 Å². The number of nitrogens with one attached hydrogen (secondary N) is 1. The average molecular weight is 322 g/mol. The maximum Gasteiger partial charge on any atom is 0.329 e. The van der Waals surface area contributed by atoms with Gasteiger partial charge in [-0.1, -0.05) is 20.8 Å². The second-order valence-corrected chi connectivity index (χ2v) is 6.73. The van der Waals surface area contributed by atoms with Crippen LogP contribution in [-0.2, 0) is 6.54 Å². The van der Waals surface area contributed by atoms with E-state index in [1.807, 2.05) is 6.92 Å². The van der Waals surface area contributed by atoms with Gasteiger partial charge >= 0.3 is 5.69 Å². The van der Waals surface area contributed by atoms with Gasteiger partial charge in [-0.25, -0.2) is 4.79 Å². The Morgan fingerprint density at radius 3 is 2.43 bits per heavy atom. The Labute approximate surface area is 135 Å². The highest BCUT2D eigenvalue weighted by Crippen LogP contribution is 2.21. The molecule has 23 heavy (non-hydrogen) atoms. The molecule has 0 bridgehead atoms. The average Bonchev–Trinajstić information content (AvgIpc) is 2.41. The van der Waals surface area contributed by atoms with Crippen LogP contribution in [0.4, 0.5) is 5.82 Å². The van der Waals surface area contributed by atoms with Crippen molar-refractivity contribution in [3.05, 3.63) is 26.4 Å². The molecule has 7 heteroatoms. The van der Waals surface area contributed by atoms with Gasteiger partial charge in [0.2, 0.25) is 0 Å². The number of Topliss-reactive ketones (excluding diaryl/α,β-unsaturated/α-hetero) is 1. The number of carbonyl (C=O) groups is 1.